The Hall–Kier alpha value is -3.88. The van der Waals surface area contributed by atoms with Crippen LogP contribution in [-0.2, 0) is 9.47 Å². The lowest BCUT2D eigenvalue weighted by atomic mass is 9.87. The van der Waals surface area contributed by atoms with E-state index in [1.54, 1.807) is 0 Å². The van der Waals surface area contributed by atoms with Crippen molar-refractivity contribution in [3.05, 3.63) is 101 Å². The molecule has 3 aliphatic rings. The van der Waals surface area contributed by atoms with Crippen molar-refractivity contribution in [3.8, 4) is 17.2 Å². The van der Waals surface area contributed by atoms with Crippen LogP contribution in [0.2, 0.25) is 0 Å². The summed E-state index contributed by atoms with van der Waals surface area (Å²) in [5, 5.41) is 9.34. The number of aryl methyl sites for hydroxylation is 1. The Morgan fingerprint density at radius 1 is 1.03 bits per heavy atom. The van der Waals surface area contributed by atoms with Gasteiger partial charge in [-0.3, -0.25) is 4.90 Å². The molecule has 0 radical (unpaired) electrons. The Labute approximate surface area is 205 Å². The molecule has 2 aliphatic heterocycles. The number of rotatable bonds is 3. The standard InChI is InChI=1S/C30H26N2O3/c1-19-10-11-20(15-31)12-28(19)21-13-22-16-34-17-23(14-21)32(22)30(33)35-18-29-26-8-4-2-6-24(26)25-7-3-5-9-27(25)29/h2-13,22-23,29H,14,16-18H2,1H3. The van der Waals surface area contributed by atoms with E-state index in [-0.39, 0.29) is 24.1 Å². The third-order valence-electron chi connectivity index (χ3n) is 7.46. The Morgan fingerprint density at radius 3 is 2.43 bits per heavy atom. The zero-order valence-corrected chi connectivity index (χ0v) is 19.6. The number of nitrogens with zero attached hydrogens (tertiary/aromatic N) is 2. The first kappa shape index (κ1) is 21.6. The normalized spacial score (nSPS) is 20.5. The summed E-state index contributed by atoms with van der Waals surface area (Å²) >= 11 is 0. The molecule has 35 heavy (non-hydrogen) atoms. The third kappa shape index (κ3) is 3.71. The number of hydrogen-bond acceptors (Lipinski definition) is 4. The zero-order chi connectivity index (χ0) is 23.9. The molecule has 2 bridgehead atoms. The van der Waals surface area contributed by atoms with Crippen molar-refractivity contribution in [2.24, 2.45) is 0 Å². The second kappa shape index (κ2) is 8.72. The lowest BCUT2D eigenvalue weighted by Gasteiger charge is -2.44. The highest BCUT2D eigenvalue weighted by Gasteiger charge is 2.40. The van der Waals surface area contributed by atoms with Crippen LogP contribution >= 0.6 is 0 Å². The molecule has 1 amide bonds. The van der Waals surface area contributed by atoms with Crippen molar-refractivity contribution in [3.63, 3.8) is 0 Å². The van der Waals surface area contributed by atoms with Crippen LogP contribution in [0.1, 0.15) is 40.2 Å². The first-order chi connectivity index (χ1) is 17.1. The number of carbonyl (C=O) groups excluding carboxylic acids is 1. The van der Waals surface area contributed by atoms with E-state index >= 15 is 0 Å². The molecule has 0 saturated carbocycles. The molecule has 2 atom stereocenters. The van der Waals surface area contributed by atoms with Gasteiger partial charge >= 0.3 is 6.09 Å². The molecule has 1 saturated heterocycles. The summed E-state index contributed by atoms with van der Waals surface area (Å²) < 4.78 is 11.8. The summed E-state index contributed by atoms with van der Waals surface area (Å²) in [4.78, 5) is 15.2. The minimum Gasteiger partial charge on any atom is -0.448 e. The summed E-state index contributed by atoms with van der Waals surface area (Å²) in [5.74, 6) is 0.0368. The fraction of sp³-hybridized carbons (Fsp3) is 0.267. The lowest BCUT2D eigenvalue weighted by Crippen LogP contribution is -2.56. The summed E-state index contributed by atoms with van der Waals surface area (Å²) in [6.07, 6.45) is 2.50. The Kier molecular flexibility index (Phi) is 5.39. The van der Waals surface area contributed by atoms with Gasteiger partial charge in [-0.15, -0.1) is 0 Å². The number of amides is 1. The van der Waals surface area contributed by atoms with Crippen LogP contribution in [0, 0.1) is 18.3 Å². The number of benzene rings is 3. The summed E-state index contributed by atoms with van der Waals surface area (Å²) in [6, 6.07) is 24.5. The van der Waals surface area contributed by atoms with Crippen molar-refractivity contribution >= 4 is 11.7 Å². The second-order valence-electron chi connectivity index (χ2n) is 9.51. The van der Waals surface area contributed by atoms with Gasteiger partial charge in [0.25, 0.3) is 0 Å². The van der Waals surface area contributed by atoms with E-state index < -0.39 is 0 Å². The number of ether oxygens (including phenoxy) is 2. The molecule has 174 valence electrons. The van der Waals surface area contributed by atoms with E-state index in [2.05, 4.69) is 55.5 Å². The van der Waals surface area contributed by atoms with E-state index in [9.17, 15) is 10.1 Å². The highest BCUT2D eigenvalue weighted by molar-refractivity contribution is 5.79. The monoisotopic (exact) mass is 462 g/mol. The molecular formula is C30H26N2O3. The Bertz CT molecular complexity index is 1340. The van der Waals surface area contributed by atoms with Crippen LogP contribution < -0.4 is 0 Å². The minimum atomic E-state index is -0.289. The van der Waals surface area contributed by atoms with Crippen LogP contribution in [0.4, 0.5) is 4.79 Å². The largest absolute Gasteiger partial charge is 0.448 e. The maximum absolute atomic E-state index is 13.4. The Balaban J connectivity index is 1.23. The third-order valence-corrected chi connectivity index (χ3v) is 7.46. The fourth-order valence-electron chi connectivity index (χ4n) is 5.79. The van der Waals surface area contributed by atoms with Gasteiger partial charge in [0, 0.05) is 5.92 Å². The molecule has 0 aromatic heterocycles. The molecule has 0 spiro atoms. The summed E-state index contributed by atoms with van der Waals surface area (Å²) in [7, 11) is 0. The van der Waals surface area contributed by atoms with Gasteiger partial charge in [-0.1, -0.05) is 60.7 Å². The van der Waals surface area contributed by atoms with Gasteiger partial charge in [0.15, 0.2) is 0 Å². The number of morpholine rings is 1. The zero-order valence-electron chi connectivity index (χ0n) is 19.6. The Morgan fingerprint density at radius 2 is 1.74 bits per heavy atom. The maximum atomic E-state index is 13.4. The predicted molar refractivity (Wildman–Crippen MR) is 134 cm³/mol. The fourth-order valence-corrected chi connectivity index (χ4v) is 5.79. The van der Waals surface area contributed by atoms with E-state index in [0.717, 1.165) is 11.1 Å². The van der Waals surface area contributed by atoms with Crippen molar-refractivity contribution in [1.29, 1.82) is 5.26 Å². The van der Waals surface area contributed by atoms with Crippen molar-refractivity contribution < 1.29 is 14.3 Å². The number of carbonyl (C=O) groups is 1. The van der Waals surface area contributed by atoms with E-state index in [4.69, 9.17) is 9.47 Å². The lowest BCUT2D eigenvalue weighted by molar-refractivity contribution is -0.0331. The van der Waals surface area contributed by atoms with E-state index in [1.165, 1.54) is 27.8 Å². The molecular weight excluding hydrogens is 436 g/mol. The van der Waals surface area contributed by atoms with Crippen LogP contribution in [-0.4, -0.2) is 42.9 Å². The molecule has 2 heterocycles. The van der Waals surface area contributed by atoms with Gasteiger partial charge in [-0.2, -0.15) is 5.26 Å². The van der Waals surface area contributed by atoms with E-state index in [0.29, 0.717) is 31.8 Å². The van der Waals surface area contributed by atoms with Crippen LogP contribution in [0.5, 0.6) is 0 Å². The molecule has 1 aliphatic carbocycles. The van der Waals surface area contributed by atoms with Crippen molar-refractivity contribution in [2.45, 2.75) is 31.3 Å². The van der Waals surface area contributed by atoms with Gasteiger partial charge in [0.2, 0.25) is 0 Å². The average Bonchev–Trinajstić information content (AvgIpc) is 3.20. The predicted octanol–water partition coefficient (Wildman–Crippen LogP) is 5.67. The first-order valence-electron chi connectivity index (χ1n) is 12.1. The SMILES string of the molecule is Cc1ccc(C#N)cc1C1=CC2COCC(C1)N2C(=O)OCC1c2ccccc2-c2ccccc21. The molecule has 3 aromatic rings. The highest BCUT2D eigenvalue weighted by atomic mass is 16.6. The van der Waals surface area contributed by atoms with Crippen molar-refractivity contribution in [1.82, 2.24) is 4.90 Å². The number of fused-ring (bicyclic) bond motifs is 5. The molecule has 5 nitrogen and oxygen atoms in total. The number of nitriles is 1. The topological polar surface area (TPSA) is 62.6 Å². The van der Waals surface area contributed by atoms with Gasteiger partial charge in [-0.05, 0) is 64.4 Å². The van der Waals surface area contributed by atoms with E-state index in [1.807, 2.05) is 35.2 Å². The molecule has 2 unspecified atom stereocenters. The molecule has 5 heteroatoms. The molecule has 0 N–H and O–H groups in total. The van der Waals surface area contributed by atoms with Crippen LogP contribution in [0.15, 0.2) is 72.8 Å². The number of hydrogen-bond donors (Lipinski definition) is 0. The van der Waals surface area contributed by atoms with Crippen LogP contribution in [0.3, 0.4) is 0 Å². The quantitative estimate of drug-likeness (QED) is 0.503. The van der Waals surface area contributed by atoms with Crippen molar-refractivity contribution in [2.75, 3.05) is 19.8 Å². The van der Waals surface area contributed by atoms with Gasteiger partial charge in [-0.25, -0.2) is 4.79 Å². The first-order valence-corrected chi connectivity index (χ1v) is 12.1. The average molecular weight is 463 g/mol. The molecule has 3 aromatic carbocycles. The molecule has 6 rings (SSSR count). The summed E-state index contributed by atoms with van der Waals surface area (Å²) in [5.41, 5.74) is 8.87. The summed E-state index contributed by atoms with van der Waals surface area (Å²) in [6.45, 7) is 3.29. The molecule has 1 fully saturated rings. The van der Waals surface area contributed by atoms with Gasteiger partial charge < -0.3 is 9.47 Å². The minimum absolute atomic E-state index is 0.0368. The van der Waals surface area contributed by atoms with Crippen LogP contribution in [0.25, 0.3) is 16.7 Å². The smallest absolute Gasteiger partial charge is 0.410 e. The van der Waals surface area contributed by atoms with Gasteiger partial charge in [0.05, 0.1) is 36.9 Å². The van der Waals surface area contributed by atoms with Gasteiger partial charge in [0.1, 0.15) is 6.61 Å². The maximum Gasteiger partial charge on any atom is 0.410 e. The highest BCUT2D eigenvalue weighted by Crippen LogP contribution is 2.44. The second-order valence-corrected chi connectivity index (χ2v) is 9.51.